The van der Waals surface area contributed by atoms with Crippen molar-refractivity contribution in [2.45, 2.75) is 26.0 Å². The van der Waals surface area contributed by atoms with E-state index in [9.17, 15) is 8.78 Å². The van der Waals surface area contributed by atoms with Gasteiger partial charge in [0.25, 0.3) is 0 Å². The van der Waals surface area contributed by atoms with Crippen molar-refractivity contribution in [2.24, 2.45) is 0 Å². The zero-order valence-electron chi connectivity index (χ0n) is 12.3. The third-order valence-electron chi connectivity index (χ3n) is 3.81. The Morgan fingerprint density at radius 3 is 2.86 bits per heavy atom. The molecule has 1 N–H and O–H groups in total. The maximum atomic E-state index is 14.4. The van der Waals surface area contributed by atoms with Crippen LogP contribution in [0.5, 0.6) is 0 Å². The van der Waals surface area contributed by atoms with Gasteiger partial charge in [-0.05, 0) is 41.2 Å². The van der Waals surface area contributed by atoms with Crippen molar-refractivity contribution in [1.82, 2.24) is 10.2 Å². The van der Waals surface area contributed by atoms with Gasteiger partial charge in [-0.1, -0.05) is 13.8 Å². The fourth-order valence-electron chi connectivity index (χ4n) is 2.69. The van der Waals surface area contributed by atoms with Crippen molar-refractivity contribution in [1.29, 1.82) is 0 Å². The van der Waals surface area contributed by atoms with E-state index in [1.807, 2.05) is 6.92 Å². The molecule has 21 heavy (non-hydrogen) atoms. The molecular formula is C15H21BrF2N2O. The lowest BCUT2D eigenvalue weighted by atomic mass is 9.98. The molecular weight excluding hydrogens is 342 g/mol. The zero-order valence-corrected chi connectivity index (χ0v) is 13.9. The Hall–Kier alpha value is -0.560. The normalized spacial score (nSPS) is 21.5. The minimum absolute atomic E-state index is 0.0502. The molecule has 1 aromatic rings. The Morgan fingerprint density at radius 1 is 1.43 bits per heavy atom. The van der Waals surface area contributed by atoms with E-state index < -0.39 is 17.7 Å². The van der Waals surface area contributed by atoms with E-state index in [1.54, 1.807) is 0 Å². The van der Waals surface area contributed by atoms with Gasteiger partial charge in [-0.15, -0.1) is 0 Å². The minimum Gasteiger partial charge on any atom is -0.374 e. The summed E-state index contributed by atoms with van der Waals surface area (Å²) in [6, 6.07) is 2.17. The molecule has 0 aromatic heterocycles. The van der Waals surface area contributed by atoms with Gasteiger partial charge in [-0.25, -0.2) is 8.78 Å². The van der Waals surface area contributed by atoms with Crippen molar-refractivity contribution in [2.75, 3.05) is 32.8 Å². The van der Waals surface area contributed by atoms with E-state index in [0.29, 0.717) is 19.7 Å². The van der Waals surface area contributed by atoms with Crippen LogP contribution in [0.4, 0.5) is 8.78 Å². The second kappa shape index (κ2) is 7.63. The first-order chi connectivity index (χ1) is 10.1. The third kappa shape index (κ3) is 3.80. The molecule has 1 heterocycles. The maximum Gasteiger partial charge on any atom is 0.145 e. The molecule has 0 bridgehead atoms. The minimum atomic E-state index is -0.557. The molecule has 2 unspecified atom stereocenters. The summed E-state index contributed by atoms with van der Waals surface area (Å²) in [4.78, 5) is 2.23. The lowest BCUT2D eigenvalue weighted by molar-refractivity contribution is -0.0464. The van der Waals surface area contributed by atoms with Crippen LogP contribution in [-0.2, 0) is 4.74 Å². The Balaban J connectivity index is 2.32. The van der Waals surface area contributed by atoms with Gasteiger partial charge in [-0.3, -0.25) is 4.90 Å². The zero-order chi connectivity index (χ0) is 15.4. The Kier molecular flexibility index (Phi) is 6.10. The second-order valence-corrected chi connectivity index (χ2v) is 5.95. The van der Waals surface area contributed by atoms with Gasteiger partial charge in [0, 0.05) is 18.7 Å². The number of benzene rings is 1. The van der Waals surface area contributed by atoms with E-state index >= 15 is 0 Å². The summed E-state index contributed by atoms with van der Waals surface area (Å²) in [5.41, 5.74) is 0.0502. The van der Waals surface area contributed by atoms with Gasteiger partial charge in [0.1, 0.15) is 11.6 Å². The number of morpholine rings is 1. The fourth-order valence-corrected chi connectivity index (χ4v) is 3.03. The number of hydrogen-bond donors (Lipinski definition) is 1. The summed E-state index contributed by atoms with van der Waals surface area (Å²) in [5.74, 6) is -1.10. The van der Waals surface area contributed by atoms with E-state index in [2.05, 4.69) is 33.1 Å². The summed E-state index contributed by atoms with van der Waals surface area (Å²) in [6.45, 7) is 7.61. The lowest BCUT2D eigenvalue weighted by Crippen LogP contribution is -2.48. The first-order valence-corrected chi connectivity index (χ1v) is 8.08. The Labute approximate surface area is 132 Å². The molecule has 1 aromatic carbocycles. The number of rotatable bonds is 5. The molecule has 0 amide bonds. The summed E-state index contributed by atoms with van der Waals surface area (Å²) in [5, 5.41) is 3.17. The fraction of sp³-hybridized carbons (Fsp3) is 0.600. The summed E-state index contributed by atoms with van der Waals surface area (Å²) >= 11 is 3.13. The van der Waals surface area contributed by atoms with Gasteiger partial charge in [0.15, 0.2) is 0 Å². The van der Waals surface area contributed by atoms with Crippen molar-refractivity contribution in [3.8, 4) is 0 Å². The van der Waals surface area contributed by atoms with Crippen molar-refractivity contribution in [3.63, 3.8) is 0 Å². The Bertz CT molecular complexity index is 487. The van der Waals surface area contributed by atoms with Crippen LogP contribution in [0.2, 0.25) is 0 Å². The molecule has 3 nitrogen and oxygen atoms in total. The van der Waals surface area contributed by atoms with Gasteiger partial charge < -0.3 is 10.1 Å². The number of nitrogens with zero attached hydrogens (tertiary/aromatic N) is 1. The van der Waals surface area contributed by atoms with Gasteiger partial charge >= 0.3 is 0 Å². The first kappa shape index (κ1) is 16.8. The van der Waals surface area contributed by atoms with Crippen LogP contribution in [0.3, 0.4) is 0 Å². The molecule has 1 aliphatic rings. The van der Waals surface area contributed by atoms with Crippen molar-refractivity contribution in [3.05, 3.63) is 33.8 Å². The van der Waals surface area contributed by atoms with Gasteiger partial charge in [0.2, 0.25) is 0 Å². The average molecular weight is 363 g/mol. The lowest BCUT2D eigenvalue weighted by Gasteiger charge is -2.37. The molecule has 0 saturated carbocycles. The first-order valence-electron chi connectivity index (χ1n) is 7.29. The number of nitrogens with one attached hydrogen (secondary N) is 1. The summed E-state index contributed by atoms with van der Waals surface area (Å²) < 4.78 is 34.6. The van der Waals surface area contributed by atoms with Crippen LogP contribution in [-0.4, -0.2) is 43.8 Å². The van der Waals surface area contributed by atoms with Gasteiger partial charge in [-0.2, -0.15) is 0 Å². The molecule has 1 saturated heterocycles. The molecule has 118 valence electrons. The SMILES string of the molecule is CCNC(c1c(F)ccc(Br)c1F)C1CN(CC)CCO1. The highest BCUT2D eigenvalue weighted by Gasteiger charge is 2.32. The van der Waals surface area contributed by atoms with Crippen LogP contribution in [0.1, 0.15) is 25.5 Å². The highest BCUT2D eigenvalue weighted by Crippen LogP contribution is 2.30. The smallest absolute Gasteiger partial charge is 0.145 e. The van der Waals surface area contributed by atoms with E-state index in [0.717, 1.165) is 13.1 Å². The van der Waals surface area contributed by atoms with E-state index in [-0.39, 0.29) is 16.1 Å². The second-order valence-electron chi connectivity index (χ2n) is 5.09. The molecule has 1 fully saturated rings. The summed E-state index contributed by atoms with van der Waals surface area (Å²) in [6.07, 6.45) is -0.267. The molecule has 6 heteroatoms. The van der Waals surface area contributed by atoms with Crippen molar-refractivity contribution < 1.29 is 13.5 Å². The number of halogens is 3. The predicted octanol–water partition coefficient (Wildman–Crippen LogP) is 3.10. The third-order valence-corrected chi connectivity index (χ3v) is 4.42. The van der Waals surface area contributed by atoms with Crippen LogP contribution in [0, 0.1) is 11.6 Å². The number of hydrogen-bond acceptors (Lipinski definition) is 3. The molecule has 2 atom stereocenters. The quantitative estimate of drug-likeness (QED) is 0.814. The highest BCUT2D eigenvalue weighted by molar-refractivity contribution is 9.10. The Morgan fingerprint density at radius 2 is 2.19 bits per heavy atom. The molecule has 0 spiro atoms. The van der Waals surface area contributed by atoms with Gasteiger partial charge in [0.05, 0.1) is 23.2 Å². The average Bonchev–Trinajstić information content (AvgIpc) is 2.50. The topological polar surface area (TPSA) is 24.5 Å². The monoisotopic (exact) mass is 362 g/mol. The molecule has 1 aliphatic heterocycles. The van der Waals surface area contributed by atoms with Crippen LogP contribution >= 0.6 is 15.9 Å². The van der Waals surface area contributed by atoms with Crippen LogP contribution in [0.15, 0.2) is 16.6 Å². The summed E-state index contributed by atoms with van der Waals surface area (Å²) in [7, 11) is 0. The van der Waals surface area contributed by atoms with E-state index in [1.165, 1.54) is 12.1 Å². The largest absolute Gasteiger partial charge is 0.374 e. The molecule has 0 aliphatic carbocycles. The van der Waals surface area contributed by atoms with E-state index in [4.69, 9.17) is 4.74 Å². The maximum absolute atomic E-state index is 14.4. The standard InChI is InChI=1S/C15H21BrF2N2O/c1-3-19-15(12-9-20(4-2)7-8-21-12)13-11(17)6-5-10(16)14(13)18/h5-6,12,15,19H,3-4,7-9H2,1-2H3. The number of likely N-dealkylation sites (N-methyl/N-ethyl adjacent to an activating group) is 2. The predicted molar refractivity (Wildman–Crippen MR) is 82.3 cm³/mol. The number of ether oxygens (including phenoxy) is 1. The van der Waals surface area contributed by atoms with Crippen molar-refractivity contribution >= 4 is 15.9 Å². The molecule has 2 rings (SSSR count). The van der Waals surface area contributed by atoms with Crippen LogP contribution < -0.4 is 5.32 Å². The molecule has 0 radical (unpaired) electrons. The highest BCUT2D eigenvalue weighted by atomic mass is 79.9. The van der Waals surface area contributed by atoms with Crippen LogP contribution in [0.25, 0.3) is 0 Å².